The van der Waals surface area contributed by atoms with Crippen LogP contribution in [0.1, 0.15) is 23.7 Å². The first-order valence-electron chi connectivity index (χ1n) is 8.15. The van der Waals surface area contributed by atoms with Crippen LogP contribution in [-0.4, -0.2) is 33.4 Å². The number of carbonyl (C=O) groups excluding carboxylic acids is 2. The highest BCUT2D eigenvalue weighted by Gasteiger charge is 2.14. The number of carboxylic acids is 1. The molecule has 27 heavy (non-hydrogen) atoms. The van der Waals surface area contributed by atoms with E-state index in [-0.39, 0.29) is 29.1 Å². The lowest BCUT2D eigenvalue weighted by atomic mass is 10.2. The van der Waals surface area contributed by atoms with E-state index in [1.54, 1.807) is 12.1 Å². The third kappa shape index (κ3) is 6.00. The number of anilines is 1. The molecule has 8 nitrogen and oxygen atoms in total. The van der Waals surface area contributed by atoms with Crippen molar-refractivity contribution >= 4 is 27.6 Å². The lowest BCUT2D eigenvalue weighted by Crippen LogP contribution is -2.30. The number of carbonyl (C=O) groups is 2. The molecule has 0 aromatic heterocycles. The van der Waals surface area contributed by atoms with Crippen LogP contribution in [0, 0.1) is 0 Å². The molecule has 2 aromatic carbocycles. The fourth-order valence-electron chi connectivity index (χ4n) is 2.17. The van der Waals surface area contributed by atoms with Gasteiger partial charge in [-0.05, 0) is 55.5 Å². The molecule has 0 atom stereocenters. The van der Waals surface area contributed by atoms with E-state index in [4.69, 9.17) is 4.74 Å². The maximum absolute atomic E-state index is 12.4. The number of ether oxygens (including phenoxy) is 1. The topological polar surface area (TPSA) is 125 Å². The zero-order valence-electron chi connectivity index (χ0n) is 14.6. The van der Waals surface area contributed by atoms with Crippen molar-refractivity contribution in [2.24, 2.45) is 0 Å². The molecular formula is C18H19N2O6S-. The van der Waals surface area contributed by atoms with Gasteiger partial charge in [0.15, 0.2) is 0 Å². The molecule has 2 aromatic rings. The number of hydrogen-bond acceptors (Lipinski definition) is 6. The van der Waals surface area contributed by atoms with Gasteiger partial charge in [-0.1, -0.05) is 0 Å². The minimum Gasteiger partial charge on any atom is -0.550 e. The molecule has 1 amide bonds. The first-order chi connectivity index (χ1) is 12.8. The van der Waals surface area contributed by atoms with Crippen LogP contribution in [0.5, 0.6) is 5.75 Å². The van der Waals surface area contributed by atoms with Crippen LogP contribution in [0.3, 0.4) is 0 Å². The molecule has 0 fully saturated rings. The summed E-state index contributed by atoms with van der Waals surface area (Å²) < 4.78 is 32.5. The molecule has 0 heterocycles. The predicted octanol–water partition coefficient (Wildman–Crippen LogP) is 0.756. The van der Waals surface area contributed by atoms with E-state index in [2.05, 4.69) is 10.0 Å². The summed E-state index contributed by atoms with van der Waals surface area (Å²) in [5.41, 5.74) is 0.563. The van der Waals surface area contributed by atoms with Gasteiger partial charge in [0, 0.05) is 30.2 Å². The van der Waals surface area contributed by atoms with Crippen LogP contribution in [0.2, 0.25) is 0 Å². The van der Waals surface area contributed by atoms with Crippen LogP contribution in [0.4, 0.5) is 5.69 Å². The lowest BCUT2D eigenvalue weighted by molar-refractivity contribution is -0.305. The van der Waals surface area contributed by atoms with Gasteiger partial charge < -0.3 is 20.0 Å². The van der Waals surface area contributed by atoms with E-state index in [0.717, 1.165) is 0 Å². The number of benzene rings is 2. The highest BCUT2D eigenvalue weighted by Crippen LogP contribution is 2.19. The first kappa shape index (κ1) is 20.2. The molecule has 0 spiro atoms. The lowest BCUT2D eigenvalue weighted by Gasteiger charge is -2.10. The highest BCUT2D eigenvalue weighted by atomic mass is 32.2. The standard InChI is InChI=1S/C18H20N2O6S/c1-2-26-15-7-9-16(10-8-15)27(24,25)20-14-5-3-13(4-6-14)18(23)19-12-11-17(21)22/h3-10,20H,2,11-12H2,1H3,(H,19,23)(H,21,22)/p-1. The van der Waals surface area contributed by atoms with Gasteiger partial charge in [-0.2, -0.15) is 0 Å². The summed E-state index contributed by atoms with van der Waals surface area (Å²) in [7, 11) is -3.78. The normalized spacial score (nSPS) is 10.9. The average Bonchev–Trinajstić information content (AvgIpc) is 2.62. The molecular weight excluding hydrogens is 372 g/mol. The van der Waals surface area contributed by atoms with Crippen molar-refractivity contribution in [1.82, 2.24) is 5.32 Å². The number of rotatable bonds is 9. The SMILES string of the molecule is CCOc1ccc(S(=O)(=O)Nc2ccc(C(=O)NCCC(=O)[O-])cc2)cc1. The number of sulfonamides is 1. The van der Waals surface area contributed by atoms with Crippen molar-refractivity contribution in [1.29, 1.82) is 0 Å². The Balaban J connectivity index is 2.02. The van der Waals surface area contributed by atoms with Crippen LogP contribution in [0.25, 0.3) is 0 Å². The molecule has 0 aliphatic rings. The monoisotopic (exact) mass is 391 g/mol. The van der Waals surface area contributed by atoms with Gasteiger partial charge in [-0.3, -0.25) is 9.52 Å². The van der Waals surface area contributed by atoms with Gasteiger partial charge in [-0.25, -0.2) is 8.42 Å². The number of amides is 1. The van der Waals surface area contributed by atoms with E-state index < -0.39 is 21.9 Å². The second-order valence-corrected chi connectivity index (χ2v) is 7.15. The molecule has 0 saturated heterocycles. The minimum atomic E-state index is -3.78. The fraction of sp³-hybridized carbons (Fsp3) is 0.222. The van der Waals surface area contributed by atoms with Gasteiger partial charge in [-0.15, -0.1) is 0 Å². The van der Waals surface area contributed by atoms with E-state index in [9.17, 15) is 23.1 Å². The second kappa shape index (κ2) is 9.04. The van der Waals surface area contributed by atoms with E-state index >= 15 is 0 Å². The number of aliphatic carboxylic acids is 1. The Bertz CT molecular complexity index is 892. The van der Waals surface area contributed by atoms with E-state index in [1.807, 2.05) is 6.92 Å². The van der Waals surface area contributed by atoms with Crippen molar-refractivity contribution in [3.8, 4) is 5.75 Å². The quantitative estimate of drug-likeness (QED) is 0.650. The third-order valence-electron chi connectivity index (χ3n) is 3.46. The maximum atomic E-state index is 12.4. The summed E-state index contributed by atoms with van der Waals surface area (Å²) in [4.78, 5) is 22.3. The molecule has 0 radical (unpaired) electrons. The number of hydrogen-bond donors (Lipinski definition) is 2. The summed E-state index contributed by atoms with van der Waals surface area (Å²) in [5, 5.41) is 12.8. The Morgan fingerprint density at radius 1 is 1.04 bits per heavy atom. The summed E-state index contributed by atoms with van der Waals surface area (Å²) >= 11 is 0. The summed E-state index contributed by atoms with van der Waals surface area (Å²) in [6.07, 6.45) is -0.286. The predicted molar refractivity (Wildman–Crippen MR) is 96.8 cm³/mol. The summed E-state index contributed by atoms with van der Waals surface area (Å²) in [6.45, 7) is 2.27. The molecule has 0 unspecified atom stereocenters. The van der Waals surface area contributed by atoms with Crippen LogP contribution in [-0.2, 0) is 14.8 Å². The van der Waals surface area contributed by atoms with Gasteiger partial charge in [0.2, 0.25) is 0 Å². The maximum Gasteiger partial charge on any atom is 0.261 e. The van der Waals surface area contributed by atoms with Crippen molar-refractivity contribution in [3.05, 3.63) is 54.1 Å². The van der Waals surface area contributed by atoms with Crippen LogP contribution in [0.15, 0.2) is 53.4 Å². The highest BCUT2D eigenvalue weighted by molar-refractivity contribution is 7.92. The molecule has 0 bridgehead atoms. The molecule has 2 rings (SSSR count). The Morgan fingerprint density at radius 2 is 1.67 bits per heavy atom. The molecule has 144 valence electrons. The number of nitrogens with one attached hydrogen (secondary N) is 2. The third-order valence-corrected chi connectivity index (χ3v) is 4.86. The summed E-state index contributed by atoms with van der Waals surface area (Å²) in [5.74, 6) is -1.14. The largest absolute Gasteiger partial charge is 0.550 e. The molecule has 0 saturated carbocycles. The Kier molecular flexibility index (Phi) is 6.78. The Morgan fingerprint density at radius 3 is 2.22 bits per heavy atom. The second-order valence-electron chi connectivity index (χ2n) is 5.47. The van der Waals surface area contributed by atoms with Crippen LogP contribution < -0.4 is 19.9 Å². The Labute approximate surface area is 157 Å². The van der Waals surface area contributed by atoms with E-state index in [1.165, 1.54) is 36.4 Å². The molecule has 0 aliphatic carbocycles. The van der Waals surface area contributed by atoms with Crippen molar-refractivity contribution in [2.45, 2.75) is 18.2 Å². The van der Waals surface area contributed by atoms with Crippen molar-refractivity contribution in [2.75, 3.05) is 17.9 Å². The van der Waals surface area contributed by atoms with Gasteiger partial charge in [0.05, 0.1) is 11.5 Å². The molecule has 9 heteroatoms. The fourth-order valence-corrected chi connectivity index (χ4v) is 3.22. The van der Waals surface area contributed by atoms with Crippen LogP contribution >= 0.6 is 0 Å². The van der Waals surface area contributed by atoms with Gasteiger partial charge >= 0.3 is 0 Å². The Hall–Kier alpha value is -3.07. The molecule has 0 aliphatic heterocycles. The minimum absolute atomic E-state index is 0.0483. The molecule has 2 N–H and O–H groups in total. The average molecular weight is 391 g/mol. The van der Waals surface area contributed by atoms with Crippen molar-refractivity contribution in [3.63, 3.8) is 0 Å². The van der Waals surface area contributed by atoms with Crippen molar-refractivity contribution < 1.29 is 27.9 Å². The first-order valence-corrected chi connectivity index (χ1v) is 9.64. The smallest absolute Gasteiger partial charge is 0.261 e. The zero-order chi connectivity index (χ0) is 19.9. The van der Waals surface area contributed by atoms with E-state index in [0.29, 0.717) is 12.4 Å². The summed E-state index contributed by atoms with van der Waals surface area (Å²) in [6, 6.07) is 11.8. The zero-order valence-corrected chi connectivity index (χ0v) is 15.4. The number of carboxylic acid groups (broad SMARTS) is 1. The van der Waals surface area contributed by atoms with Gasteiger partial charge in [0.25, 0.3) is 15.9 Å². The van der Waals surface area contributed by atoms with Gasteiger partial charge in [0.1, 0.15) is 5.75 Å².